The van der Waals surface area contributed by atoms with Gasteiger partial charge in [-0.25, -0.2) is 0 Å². The van der Waals surface area contributed by atoms with E-state index in [1.807, 2.05) is 18.2 Å². The molecule has 0 saturated heterocycles. The van der Waals surface area contributed by atoms with E-state index in [4.69, 9.17) is 9.47 Å². The highest BCUT2D eigenvalue weighted by Gasteiger charge is 2.21. The van der Waals surface area contributed by atoms with Crippen LogP contribution in [-0.4, -0.2) is 25.1 Å². The van der Waals surface area contributed by atoms with Crippen molar-refractivity contribution in [2.75, 3.05) is 19.5 Å². The molecule has 1 aromatic heterocycles. The van der Waals surface area contributed by atoms with Crippen LogP contribution in [0.3, 0.4) is 0 Å². The van der Waals surface area contributed by atoms with Crippen molar-refractivity contribution in [1.29, 1.82) is 0 Å². The lowest BCUT2D eigenvalue weighted by Crippen LogP contribution is -2.13. The Morgan fingerprint density at radius 3 is 2.78 bits per heavy atom. The third-order valence-electron chi connectivity index (χ3n) is 5.35. The number of methoxy groups -OCH3 is 2. The molecule has 1 amide bonds. The highest BCUT2D eigenvalue weighted by molar-refractivity contribution is 6.07. The quantitative estimate of drug-likeness (QED) is 0.713. The van der Waals surface area contributed by atoms with E-state index in [2.05, 4.69) is 17.2 Å². The first-order valence-electron chi connectivity index (χ1n) is 9.26. The fourth-order valence-electron chi connectivity index (χ4n) is 3.83. The van der Waals surface area contributed by atoms with Gasteiger partial charge in [-0.3, -0.25) is 4.79 Å². The van der Waals surface area contributed by atoms with Crippen molar-refractivity contribution in [3.05, 3.63) is 53.2 Å². The molecule has 0 fully saturated rings. The number of benzene rings is 2. The first kappa shape index (κ1) is 17.5. The lowest BCUT2D eigenvalue weighted by molar-refractivity contribution is 0.102. The van der Waals surface area contributed by atoms with Gasteiger partial charge in [0.1, 0.15) is 11.5 Å². The maximum Gasteiger partial charge on any atom is 0.255 e. The lowest BCUT2D eigenvalue weighted by atomic mass is 9.87. The second kappa shape index (κ2) is 6.99. The zero-order valence-electron chi connectivity index (χ0n) is 15.9. The Hall–Kier alpha value is -2.95. The maximum atomic E-state index is 12.8. The SMILES string of the molecule is COc1ccc(NC(=O)c2ccc3[nH]c4c(c3c2)CC(C)CC4)c(OC)c1. The van der Waals surface area contributed by atoms with Gasteiger partial charge in [0.25, 0.3) is 5.91 Å². The minimum Gasteiger partial charge on any atom is -0.497 e. The minimum atomic E-state index is -0.154. The molecule has 2 N–H and O–H groups in total. The van der Waals surface area contributed by atoms with E-state index >= 15 is 0 Å². The number of hydrogen-bond donors (Lipinski definition) is 2. The minimum absolute atomic E-state index is 0.154. The molecule has 1 unspecified atom stereocenters. The molecule has 0 spiro atoms. The number of ether oxygens (including phenoxy) is 2. The summed E-state index contributed by atoms with van der Waals surface area (Å²) >= 11 is 0. The third-order valence-corrected chi connectivity index (χ3v) is 5.35. The van der Waals surface area contributed by atoms with E-state index in [0.717, 1.165) is 23.7 Å². The zero-order valence-corrected chi connectivity index (χ0v) is 15.9. The van der Waals surface area contributed by atoms with Crippen LogP contribution in [0.1, 0.15) is 35.0 Å². The molecule has 1 aliphatic rings. The number of carbonyl (C=O) groups is 1. The Morgan fingerprint density at radius 1 is 1.15 bits per heavy atom. The summed E-state index contributed by atoms with van der Waals surface area (Å²) < 4.78 is 10.6. The van der Waals surface area contributed by atoms with Gasteiger partial charge in [0.15, 0.2) is 0 Å². The molecule has 4 rings (SSSR count). The molecule has 0 bridgehead atoms. The number of H-pyrrole nitrogens is 1. The molecular weight excluding hydrogens is 340 g/mol. The Kier molecular flexibility index (Phi) is 4.52. The Balaban J connectivity index is 1.64. The Bertz CT molecular complexity index is 1010. The largest absolute Gasteiger partial charge is 0.497 e. The van der Waals surface area contributed by atoms with Gasteiger partial charge in [-0.1, -0.05) is 6.92 Å². The zero-order chi connectivity index (χ0) is 19.0. The van der Waals surface area contributed by atoms with Crippen LogP contribution in [0.4, 0.5) is 5.69 Å². The molecule has 5 heteroatoms. The van der Waals surface area contributed by atoms with Crippen molar-refractivity contribution in [2.45, 2.75) is 26.2 Å². The number of amides is 1. The average Bonchev–Trinajstić information content (AvgIpc) is 3.05. The Morgan fingerprint density at radius 2 is 2.00 bits per heavy atom. The van der Waals surface area contributed by atoms with E-state index in [1.165, 1.54) is 17.7 Å². The van der Waals surface area contributed by atoms with Crippen molar-refractivity contribution in [3.63, 3.8) is 0 Å². The van der Waals surface area contributed by atoms with Crippen LogP contribution in [0.15, 0.2) is 36.4 Å². The van der Waals surface area contributed by atoms with Crippen LogP contribution < -0.4 is 14.8 Å². The standard InChI is InChI=1S/C22H24N2O3/c1-13-4-7-18-16(10-13)17-11-14(5-8-19(17)23-18)22(25)24-20-9-6-15(26-2)12-21(20)27-3/h5-6,8-9,11-13,23H,4,7,10H2,1-3H3,(H,24,25). The fraction of sp³-hybridized carbons (Fsp3) is 0.318. The van der Waals surface area contributed by atoms with E-state index in [0.29, 0.717) is 28.7 Å². The summed E-state index contributed by atoms with van der Waals surface area (Å²) in [6, 6.07) is 11.2. The van der Waals surface area contributed by atoms with E-state index in [1.54, 1.807) is 32.4 Å². The first-order chi connectivity index (χ1) is 13.1. The molecule has 0 saturated carbocycles. The van der Waals surface area contributed by atoms with E-state index < -0.39 is 0 Å². The van der Waals surface area contributed by atoms with Crippen molar-refractivity contribution in [2.24, 2.45) is 5.92 Å². The number of aromatic amines is 1. The second-order valence-corrected chi connectivity index (χ2v) is 7.21. The number of anilines is 1. The normalized spacial score (nSPS) is 16.0. The predicted octanol–water partition coefficient (Wildman–Crippen LogP) is 4.56. The molecule has 3 aromatic rings. The third kappa shape index (κ3) is 3.25. The number of rotatable bonds is 4. The van der Waals surface area contributed by atoms with Crippen LogP contribution >= 0.6 is 0 Å². The average molecular weight is 364 g/mol. The number of fused-ring (bicyclic) bond motifs is 3. The molecule has 1 aliphatic carbocycles. The molecule has 1 atom stereocenters. The van der Waals surface area contributed by atoms with Crippen molar-refractivity contribution in [3.8, 4) is 11.5 Å². The van der Waals surface area contributed by atoms with Crippen molar-refractivity contribution >= 4 is 22.5 Å². The second-order valence-electron chi connectivity index (χ2n) is 7.21. The molecule has 2 aromatic carbocycles. The van der Waals surface area contributed by atoms with Gasteiger partial charge in [-0.2, -0.15) is 0 Å². The van der Waals surface area contributed by atoms with E-state index in [-0.39, 0.29) is 5.91 Å². The van der Waals surface area contributed by atoms with E-state index in [9.17, 15) is 4.79 Å². The highest BCUT2D eigenvalue weighted by atomic mass is 16.5. The van der Waals surface area contributed by atoms with Crippen LogP contribution in [0.5, 0.6) is 11.5 Å². The van der Waals surface area contributed by atoms with Crippen molar-refractivity contribution < 1.29 is 14.3 Å². The highest BCUT2D eigenvalue weighted by Crippen LogP contribution is 2.33. The van der Waals surface area contributed by atoms with Gasteiger partial charge in [0.05, 0.1) is 19.9 Å². The summed E-state index contributed by atoms with van der Waals surface area (Å²) in [5.41, 5.74) is 5.04. The topological polar surface area (TPSA) is 63.3 Å². The summed E-state index contributed by atoms with van der Waals surface area (Å²) in [6.45, 7) is 2.29. The number of nitrogens with one attached hydrogen (secondary N) is 2. The summed E-state index contributed by atoms with van der Waals surface area (Å²) in [6.07, 6.45) is 3.35. The van der Waals surface area contributed by atoms with Crippen LogP contribution in [0, 0.1) is 5.92 Å². The molecule has 27 heavy (non-hydrogen) atoms. The molecule has 0 aliphatic heterocycles. The lowest BCUT2D eigenvalue weighted by Gasteiger charge is -2.18. The molecule has 0 radical (unpaired) electrons. The smallest absolute Gasteiger partial charge is 0.255 e. The maximum absolute atomic E-state index is 12.8. The molecule has 1 heterocycles. The van der Waals surface area contributed by atoms with Gasteiger partial charge < -0.3 is 19.8 Å². The number of hydrogen-bond acceptors (Lipinski definition) is 3. The van der Waals surface area contributed by atoms with Gasteiger partial charge >= 0.3 is 0 Å². The summed E-state index contributed by atoms with van der Waals surface area (Å²) in [5, 5.41) is 4.10. The number of aryl methyl sites for hydroxylation is 1. The Labute approximate surface area is 158 Å². The van der Waals surface area contributed by atoms with Gasteiger partial charge in [0.2, 0.25) is 0 Å². The summed E-state index contributed by atoms with van der Waals surface area (Å²) in [4.78, 5) is 16.3. The fourth-order valence-corrected chi connectivity index (χ4v) is 3.83. The predicted molar refractivity (Wildman–Crippen MR) is 107 cm³/mol. The summed E-state index contributed by atoms with van der Waals surface area (Å²) in [7, 11) is 3.17. The number of aromatic nitrogens is 1. The van der Waals surface area contributed by atoms with Gasteiger partial charge in [-0.05, 0) is 61.1 Å². The molecule has 140 valence electrons. The monoisotopic (exact) mass is 364 g/mol. The summed E-state index contributed by atoms with van der Waals surface area (Å²) in [5.74, 6) is 1.77. The number of carbonyl (C=O) groups excluding carboxylic acids is 1. The van der Waals surface area contributed by atoms with Crippen LogP contribution in [-0.2, 0) is 12.8 Å². The van der Waals surface area contributed by atoms with Gasteiger partial charge in [0, 0.05) is 28.2 Å². The van der Waals surface area contributed by atoms with Crippen molar-refractivity contribution in [1.82, 2.24) is 4.98 Å². The first-order valence-corrected chi connectivity index (χ1v) is 9.26. The molecule has 5 nitrogen and oxygen atoms in total. The van der Waals surface area contributed by atoms with Crippen LogP contribution in [0.2, 0.25) is 0 Å². The van der Waals surface area contributed by atoms with Gasteiger partial charge in [-0.15, -0.1) is 0 Å². The van der Waals surface area contributed by atoms with Crippen LogP contribution in [0.25, 0.3) is 10.9 Å². The molecular formula is C22H24N2O3.